The van der Waals surface area contributed by atoms with Crippen LogP contribution in [0.15, 0.2) is 18.2 Å². The minimum absolute atomic E-state index is 0.188. The van der Waals surface area contributed by atoms with Gasteiger partial charge in [0.15, 0.2) is 6.29 Å². The number of rotatable bonds is 8. The summed E-state index contributed by atoms with van der Waals surface area (Å²) in [5.41, 5.74) is 2.61. The van der Waals surface area contributed by atoms with E-state index in [9.17, 15) is 0 Å². The third-order valence-electron chi connectivity index (χ3n) is 3.35. The van der Waals surface area contributed by atoms with Crippen LogP contribution < -0.4 is 4.74 Å². The van der Waals surface area contributed by atoms with Gasteiger partial charge in [-0.05, 0) is 36.0 Å². The molecule has 0 bridgehead atoms. The van der Waals surface area contributed by atoms with Crippen LogP contribution in [-0.4, -0.2) is 26.6 Å². The summed E-state index contributed by atoms with van der Waals surface area (Å²) in [6, 6.07) is 6.47. The molecule has 3 heteroatoms. The van der Waals surface area contributed by atoms with Crippen molar-refractivity contribution in [1.29, 1.82) is 0 Å². The highest BCUT2D eigenvalue weighted by molar-refractivity contribution is 5.40. The second kappa shape index (κ2) is 8.28. The molecule has 1 aromatic rings. The zero-order valence-corrected chi connectivity index (χ0v) is 13.6. The van der Waals surface area contributed by atoms with Crippen LogP contribution in [0.5, 0.6) is 5.75 Å². The van der Waals surface area contributed by atoms with Gasteiger partial charge in [-0.1, -0.05) is 39.8 Å². The van der Waals surface area contributed by atoms with Crippen molar-refractivity contribution in [1.82, 2.24) is 0 Å². The maximum absolute atomic E-state index is 5.85. The van der Waals surface area contributed by atoms with Crippen molar-refractivity contribution in [2.45, 2.75) is 52.7 Å². The van der Waals surface area contributed by atoms with Gasteiger partial charge in [0.1, 0.15) is 12.4 Å². The fraction of sp³-hybridized carbons (Fsp3) is 0.647. The predicted molar refractivity (Wildman–Crippen MR) is 82.5 cm³/mol. The van der Waals surface area contributed by atoms with Crippen LogP contribution in [0.4, 0.5) is 0 Å². The Bertz CT molecular complexity index is 399. The van der Waals surface area contributed by atoms with Gasteiger partial charge in [-0.2, -0.15) is 0 Å². The summed E-state index contributed by atoms with van der Waals surface area (Å²) in [4.78, 5) is 0. The fourth-order valence-electron chi connectivity index (χ4n) is 1.94. The molecule has 0 aliphatic carbocycles. The van der Waals surface area contributed by atoms with E-state index in [1.807, 2.05) is 6.92 Å². The molecular formula is C17H28O3. The molecular weight excluding hydrogens is 252 g/mol. The fourth-order valence-corrected chi connectivity index (χ4v) is 1.94. The molecule has 1 aromatic carbocycles. The molecule has 0 saturated heterocycles. The lowest BCUT2D eigenvalue weighted by Crippen LogP contribution is -2.16. The molecule has 0 aliphatic rings. The zero-order chi connectivity index (χ0) is 15.1. The predicted octanol–water partition coefficient (Wildman–Crippen LogP) is 4.32. The van der Waals surface area contributed by atoms with Crippen molar-refractivity contribution < 1.29 is 14.2 Å². The second-order valence-electron chi connectivity index (χ2n) is 5.63. The molecule has 0 fully saturated rings. The Morgan fingerprint density at radius 1 is 0.950 bits per heavy atom. The molecule has 0 aliphatic heterocycles. The van der Waals surface area contributed by atoms with Gasteiger partial charge in [0, 0.05) is 7.11 Å². The number of hydrogen-bond acceptors (Lipinski definition) is 3. The Kier molecular flexibility index (Phi) is 7.03. The van der Waals surface area contributed by atoms with Crippen LogP contribution in [-0.2, 0) is 9.47 Å². The minimum Gasteiger partial charge on any atom is -0.491 e. The number of benzene rings is 1. The van der Waals surface area contributed by atoms with Gasteiger partial charge in [0.25, 0.3) is 0 Å². The molecule has 20 heavy (non-hydrogen) atoms. The Hall–Kier alpha value is -1.06. The van der Waals surface area contributed by atoms with E-state index in [2.05, 4.69) is 45.9 Å². The third-order valence-corrected chi connectivity index (χ3v) is 3.35. The molecule has 1 rings (SSSR count). The van der Waals surface area contributed by atoms with Crippen molar-refractivity contribution in [2.75, 3.05) is 20.3 Å². The van der Waals surface area contributed by atoms with Crippen molar-refractivity contribution >= 4 is 0 Å². The molecule has 3 nitrogen and oxygen atoms in total. The Balaban J connectivity index is 2.65. The number of methoxy groups -OCH3 is 1. The highest BCUT2D eigenvalue weighted by atomic mass is 16.7. The SMILES string of the molecule is COC(C)OCCOc1ccc(C(C)C)cc1C(C)C. The van der Waals surface area contributed by atoms with E-state index in [0.717, 1.165) is 5.75 Å². The zero-order valence-electron chi connectivity index (χ0n) is 13.6. The van der Waals surface area contributed by atoms with Crippen LogP contribution in [0.3, 0.4) is 0 Å². The van der Waals surface area contributed by atoms with Gasteiger partial charge < -0.3 is 14.2 Å². The summed E-state index contributed by atoms with van der Waals surface area (Å²) in [6.07, 6.45) is -0.188. The first-order chi connectivity index (χ1) is 9.45. The summed E-state index contributed by atoms with van der Waals surface area (Å²) < 4.78 is 16.3. The van der Waals surface area contributed by atoms with Crippen LogP contribution in [0.2, 0.25) is 0 Å². The topological polar surface area (TPSA) is 27.7 Å². The van der Waals surface area contributed by atoms with Gasteiger partial charge in [-0.3, -0.25) is 0 Å². The smallest absolute Gasteiger partial charge is 0.154 e. The summed E-state index contributed by atoms with van der Waals surface area (Å²) in [7, 11) is 1.63. The van der Waals surface area contributed by atoms with E-state index in [4.69, 9.17) is 14.2 Å². The lowest BCUT2D eigenvalue weighted by atomic mass is 9.95. The molecule has 0 aromatic heterocycles. The average Bonchev–Trinajstić information content (AvgIpc) is 2.42. The van der Waals surface area contributed by atoms with Crippen molar-refractivity contribution in [3.05, 3.63) is 29.3 Å². The van der Waals surface area contributed by atoms with Crippen LogP contribution in [0.1, 0.15) is 57.6 Å². The van der Waals surface area contributed by atoms with E-state index in [-0.39, 0.29) is 6.29 Å². The van der Waals surface area contributed by atoms with E-state index in [1.165, 1.54) is 11.1 Å². The largest absolute Gasteiger partial charge is 0.491 e. The first-order valence-corrected chi connectivity index (χ1v) is 7.36. The quantitative estimate of drug-likeness (QED) is 0.524. The number of ether oxygens (including phenoxy) is 3. The third kappa shape index (κ3) is 5.14. The molecule has 1 unspecified atom stereocenters. The maximum atomic E-state index is 5.85. The van der Waals surface area contributed by atoms with Crippen molar-refractivity contribution in [3.63, 3.8) is 0 Å². The summed E-state index contributed by atoms with van der Waals surface area (Å²) in [5.74, 6) is 1.94. The summed E-state index contributed by atoms with van der Waals surface area (Å²) in [5, 5.41) is 0. The van der Waals surface area contributed by atoms with Crippen molar-refractivity contribution in [2.24, 2.45) is 0 Å². The first-order valence-electron chi connectivity index (χ1n) is 7.36. The lowest BCUT2D eigenvalue weighted by molar-refractivity contribution is -0.115. The monoisotopic (exact) mass is 280 g/mol. The lowest BCUT2D eigenvalue weighted by Gasteiger charge is -2.17. The van der Waals surface area contributed by atoms with Gasteiger partial charge in [0.2, 0.25) is 0 Å². The molecule has 0 N–H and O–H groups in total. The Labute approximate surface area is 123 Å². The van der Waals surface area contributed by atoms with Crippen molar-refractivity contribution in [3.8, 4) is 5.75 Å². The van der Waals surface area contributed by atoms with Gasteiger partial charge in [-0.25, -0.2) is 0 Å². The minimum atomic E-state index is -0.188. The van der Waals surface area contributed by atoms with E-state index in [0.29, 0.717) is 25.0 Å². The summed E-state index contributed by atoms with van der Waals surface area (Å²) in [6.45, 7) is 11.7. The van der Waals surface area contributed by atoms with Gasteiger partial charge in [0.05, 0.1) is 6.61 Å². The van der Waals surface area contributed by atoms with E-state index >= 15 is 0 Å². The molecule has 0 heterocycles. The van der Waals surface area contributed by atoms with Crippen LogP contribution in [0, 0.1) is 0 Å². The van der Waals surface area contributed by atoms with Crippen LogP contribution >= 0.6 is 0 Å². The highest BCUT2D eigenvalue weighted by Gasteiger charge is 2.11. The van der Waals surface area contributed by atoms with E-state index in [1.54, 1.807) is 7.11 Å². The van der Waals surface area contributed by atoms with E-state index < -0.39 is 0 Å². The first kappa shape index (κ1) is 17.0. The molecule has 1 atom stereocenters. The Morgan fingerprint density at radius 2 is 1.65 bits per heavy atom. The molecule has 0 spiro atoms. The normalized spacial score (nSPS) is 13.0. The second-order valence-corrected chi connectivity index (χ2v) is 5.63. The van der Waals surface area contributed by atoms with Gasteiger partial charge in [-0.15, -0.1) is 0 Å². The number of hydrogen-bond donors (Lipinski definition) is 0. The molecule has 114 valence electrons. The maximum Gasteiger partial charge on any atom is 0.154 e. The van der Waals surface area contributed by atoms with Gasteiger partial charge >= 0.3 is 0 Å². The average molecular weight is 280 g/mol. The highest BCUT2D eigenvalue weighted by Crippen LogP contribution is 2.30. The molecule has 0 saturated carbocycles. The standard InChI is InChI=1S/C17H28O3/c1-12(2)15-7-8-17(16(11-15)13(3)4)20-10-9-19-14(5)18-6/h7-8,11-14H,9-10H2,1-6H3. The Morgan fingerprint density at radius 3 is 2.20 bits per heavy atom. The van der Waals surface area contributed by atoms with Crippen LogP contribution in [0.25, 0.3) is 0 Å². The summed E-state index contributed by atoms with van der Waals surface area (Å²) >= 11 is 0. The molecule has 0 amide bonds. The molecule has 0 radical (unpaired) electrons.